The summed E-state index contributed by atoms with van der Waals surface area (Å²) in [7, 11) is 0. The summed E-state index contributed by atoms with van der Waals surface area (Å²) in [5, 5.41) is 18.5. The van der Waals surface area contributed by atoms with Crippen LogP contribution in [-0.2, 0) is 4.79 Å². The quantitative estimate of drug-likeness (QED) is 0.932. The second kappa shape index (κ2) is 6.90. The maximum Gasteiger partial charge on any atom is 0.323 e. The molecule has 0 saturated heterocycles. The molecule has 116 valence electrons. The number of halogens is 2. The fourth-order valence-electron chi connectivity index (χ4n) is 2.00. The van der Waals surface area contributed by atoms with E-state index in [1.807, 2.05) is 0 Å². The first-order chi connectivity index (χ1) is 10.9. The first kappa shape index (κ1) is 16.5. The van der Waals surface area contributed by atoms with Gasteiger partial charge in [0.05, 0.1) is 5.69 Å². The van der Waals surface area contributed by atoms with Crippen LogP contribution in [0.3, 0.4) is 0 Å². The van der Waals surface area contributed by atoms with Gasteiger partial charge < -0.3 is 5.11 Å². The zero-order valence-corrected chi connectivity index (χ0v) is 12.4. The number of nitrogens with zero attached hydrogens (tertiary/aromatic N) is 2. The lowest BCUT2D eigenvalue weighted by atomic mass is 10.1. The van der Waals surface area contributed by atoms with E-state index in [1.54, 1.807) is 6.07 Å². The van der Waals surface area contributed by atoms with E-state index in [2.05, 4.69) is 0 Å². The highest BCUT2D eigenvalue weighted by Crippen LogP contribution is 2.24. The van der Waals surface area contributed by atoms with E-state index >= 15 is 0 Å². The van der Waals surface area contributed by atoms with Crippen LogP contribution < -0.4 is 4.90 Å². The van der Waals surface area contributed by atoms with Gasteiger partial charge in [0.25, 0.3) is 5.91 Å². The third-order valence-corrected chi connectivity index (χ3v) is 3.28. The molecule has 2 aromatic carbocycles. The Balaban J connectivity index is 2.52. The van der Waals surface area contributed by atoms with Crippen molar-refractivity contribution in [3.63, 3.8) is 0 Å². The third-order valence-electron chi connectivity index (χ3n) is 3.02. The summed E-state index contributed by atoms with van der Waals surface area (Å²) in [5.74, 6) is -2.80. The molecule has 0 radical (unpaired) electrons. The molecular formula is C16H10ClFN2O3. The molecule has 1 amide bonds. The molecule has 0 atom stereocenters. The molecule has 0 aliphatic carbocycles. The van der Waals surface area contributed by atoms with Gasteiger partial charge in [0.2, 0.25) is 0 Å². The van der Waals surface area contributed by atoms with Crippen LogP contribution in [0.25, 0.3) is 0 Å². The first-order valence-electron chi connectivity index (χ1n) is 6.42. The Morgan fingerprint density at radius 3 is 2.43 bits per heavy atom. The number of carboxylic acids is 1. The molecule has 0 aromatic heterocycles. The van der Waals surface area contributed by atoms with Gasteiger partial charge in [-0.1, -0.05) is 17.7 Å². The van der Waals surface area contributed by atoms with Gasteiger partial charge in [-0.15, -0.1) is 0 Å². The van der Waals surface area contributed by atoms with Crippen LogP contribution >= 0.6 is 11.6 Å². The highest BCUT2D eigenvalue weighted by atomic mass is 35.5. The summed E-state index contributed by atoms with van der Waals surface area (Å²) in [4.78, 5) is 24.5. The summed E-state index contributed by atoms with van der Waals surface area (Å²) < 4.78 is 13.7. The van der Waals surface area contributed by atoms with Gasteiger partial charge in [0.15, 0.2) is 0 Å². The number of nitriles is 1. The number of carbonyl (C=O) groups is 2. The Morgan fingerprint density at radius 1 is 1.22 bits per heavy atom. The van der Waals surface area contributed by atoms with Crippen LogP contribution in [0.5, 0.6) is 0 Å². The average Bonchev–Trinajstić information content (AvgIpc) is 2.52. The van der Waals surface area contributed by atoms with Gasteiger partial charge in [-0.05, 0) is 36.4 Å². The van der Waals surface area contributed by atoms with Crippen molar-refractivity contribution in [3.8, 4) is 6.07 Å². The van der Waals surface area contributed by atoms with Crippen LogP contribution in [0.15, 0.2) is 42.5 Å². The summed E-state index contributed by atoms with van der Waals surface area (Å²) in [5.41, 5.74) is -0.324. The summed E-state index contributed by atoms with van der Waals surface area (Å²) in [6, 6.07) is 11.1. The number of aliphatic carboxylic acids is 1. The zero-order valence-electron chi connectivity index (χ0n) is 11.7. The Labute approximate surface area is 136 Å². The Kier molecular flexibility index (Phi) is 4.94. The summed E-state index contributed by atoms with van der Waals surface area (Å²) in [6.07, 6.45) is 0. The Morgan fingerprint density at radius 2 is 1.87 bits per heavy atom. The average molecular weight is 333 g/mol. The predicted molar refractivity (Wildman–Crippen MR) is 81.9 cm³/mol. The minimum Gasteiger partial charge on any atom is -0.480 e. The smallest absolute Gasteiger partial charge is 0.323 e. The van der Waals surface area contributed by atoms with Crippen molar-refractivity contribution in [2.75, 3.05) is 11.4 Å². The first-order valence-corrected chi connectivity index (χ1v) is 6.79. The molecule has 0 unspecified atom stereocenters. The number of carbonyl (C=O) groups excluding carboxylic acids is 1. The Bertz CT molecular complexity index is 800. The standard InChI is InChI=1S/C16H10ClFN2O3/c17-11-6-4-10(5-7-11)16(23)20(9-15(21)22)14-3-1-2-13(18)12(14)8-19/h1-7H,9H2,(H,21,22). The van der Waals surface area contributed by atoms with Crippen molar-refractivity contribution in [3.05, 3.63) is 64.4 Å². The monoisotopic (exact) mass is 332 g/mol. The van der Waals surface area contributed by atoms with Crippen LogP contribution in [0.4, 0.5) is 10.1 Å². The minimum atomic E-state index is -1.29. The van der Waals surface area contributed by atoms with E-state index in [-0.39, 0.29) is 11.3 Å². The normalized spacial score (nSPS) is 9.96. The number of carboxylic acid groups (broad SMARTS) is 1. The highest BCUT2D eigenvalue weighted by molar-refractivity contribution is 6.30. The molecule has 5 nitrogen and oxygen atoms in total. The molecule has 0 aliphatic rings. The Hall–Kier alpha value is -2.91. The van der Waals surface area contributed by atoms with Crippen molar-refractivity contribution < 1.29 is 19.1 Å². The van der Waals surface area contributed by atoms with Gasteiger partial charge in [0.1, 0.15) is 24.0 Å². The van der Waals surface area contributed by atoms with Crippen molar-refractivity contribution in [1.82, 2.24) is 0 Å². The minimum absolute atomic E-state index is 0.102. The number of hydrogen-bond acceptors (Lipinski definition) is 3. The fraction of sp³-hybridized carbons (Fsp3) is 0.0625. The topological polar surface area (TPSA) is 81.4 Å². The number of benzene rings is 2. The van der Waals surface area contributed by atoms with E-state index in [4.69, 9.17) is 22.0 Å². The summed E-state index contributed by atoms with van der Waals surface area (Å²) in [6.45, 7) is -0.709. The van der Waals surface area contributed by atoms with Crippen LogP contribution in [-0.4, -0.2) is 23.5 Å². The van der Waals surface area contributed by atoms with Gasteiger partial charge >= 0.3 is 5.97 Å². The van der Waals surface area contributed by atoms with Crippen molar-refractivity contribution in [2.24, 2.45) is 0 Å². The maximum atomic E-state index is 13.7. The second-order valence-electron chi connectivity index (χ2n) is 4.54. The van der Waals surface area contributed by atoms with E-state index in [0.717, 1.165) is 11.0 Å². The van der Waals surface area contributed by atoms with Crippen molar-refractivity contribution >= 4 is 29.2 Å². The molecule has 2 rings (SSSR count). The van der Waals surface area contributed by atoms with E-state index in [1.165, 1.54) is 36.4 Å². The number of anilines is 1. The molecular weight excluding hydrogens is 323 g/mol. The summed E-state index contributed by atoms with van der Waals surface area (Å²) >= 11 is 5.75. The fourth-order valence-corrected chi connectivity index (χ4v) is 2.12. The molecule has 2 aromatic rings. The second-order valence-corrected chi connectivity index (χ2v) is 4.97. The molecule has 0 fully saturated rings. The maximum absolute atomic E-state index is 13.7. The molecule has 0 saturated carbocycles. The molecule has 0 spiro atoms. The lowest BCUT2D eigenvalue weighted by molar-refractivity contribution is -0.135. The highest BCUT2D eigenvalue weighted by Gasteiger charge is 2.24. The van der Waals surface area contributed by atoms with E-state index in [0.29, 0.717) is 5.02 Å². The van der Waals surface area contributed by atoms with Crippen LogP contribution in [0.2, 0.25) is 5.02 Å². The van der Waals surface area contributed by atoms with E-state index < -0.39 is 29.8 Å². The van der Waals surface area contributed by atoms with Crippen LogP contribution in [0, 0.1) is 17.1 Å². The van der Waals surface area contributed by atoms with E-state index in [9.17, 15) is 14.0 Å². The van der Waals surface area contributed by atoms with Gasteiger partial charge in [-0.2, -0.15) is 5.26 Å². The van der Waals surface area contributed by atoms with Crippen molar-refractivity contribution in [1.29, 1.82) is 5.26 Å². The lowest BCUT2D eigenvalue weighted by Gasteiger charge is -2.22. The molecule has 1 N–H and O–H groups in total. The van der Waals surface area contributed by atoms with Crippen molar-refractivity contribution in [2.45, 2.75) is 0 Å². The molecule has 0 heterocycles. The largest absolute Gasteiger partial charge is 0.480 e. The molecule has 23 heavy (non-hydrogen) atoms. The molecule has 0 bridgehead atoms. The lowest BCUT2D eigenvalue weighted by Crippen LogP contribution is -2.36. The van der Waals surface area contributed by atoms with Crippen LogP contribution in [0.1, 0.15) is 15.9 Å². The SMILES string of the molecule is N#Cc1c(F)cccc1N(CC(=O)O)C(=O)c1ccc(Cl)cc1. The molecule has 7 heteroatoms. The zero-order chi connectivity index (χ0) is 17.0. The van der Waals surface area contributed by atoms with Gasteiger partial charge in [-0.25, -0.2) is 4.39 Å². The van der Waals surface area contributed by atoms with Gasteiger partial charge in [-0.3, -0.25) is 14.5 Å². The number of amides is 1. The van der Waals surface area contributed by atoms with Gasteiger partial charge in [0, 0.05) is 10.6 Å². The predicted octanol–water partition coefficient (Wildman–Crippen LogP) is 3.08. The molecule has 0 aliphatic heterocycles. The number of hydrogen-bond donors (Lipinski definition) is 1. The third kappa shape index (κ3) is 3.65. The number of rotatable bonds is 4.